The lowest BCUT2D eigenvalue weighted by Gasteiger charge is -2.31. The van der Waals surface area contributed by atoms with Crippen molar-refractivity contribution >= 4 is 10.9 Å². The van der Waals surface area contributed by atoms with Gasteiger partial charge in [-0.2, -0.15) is 0 Å². The number of hydrogen-bond donors (Lipinski definition) is 1. The van der Waals surface area contributed by atoms with Gasteiger partial charge in [-0.3, -0.25) is 14.9 Å². The molecule has 0 amide bonds. The molecule has 1 unspecified atom stereocenters. The third kappa shape index (κ3) is 3.03. The van der Waals surface area contributed by atoms with Gasteiger partial charge in [0.2, 0.25) is 0 Å². The predicted octanol–water partition coefficient (Wildman–Crippen LogP) is 3.01. The molecule has 1 atom stereocenters. The molecule has 3 heterocycles. The van der Waals surface area contributed by atoms with Crippen molar-refractivity contribution < 1.29 is 0 Å². The topological polar surface area (TPSA) is 41.1 Å². The number of fused-ring (bicyclic) bond motifs is 1. The van der Waals surface area contributed by atoms with Crippen LogP contribution < -0.4 is 5.32 Å². The molecule has 0 bridgehead atoms. The zero-order valence-electron chi connectivity index (χ0n) is 13.7. The fourth-order valence-electron chi connectivity index (χ4n) is 3.61. The SMILES string of the molecule is c1cncc(C(c2ccnc3ccccc23)N2CCCNCC2)c1. The number of rotatable bonds is 3. The van der Waals surface area contributed by atoms with E-state index in [4.69, 9.17) is 0 Å². The lowest BCUT2D eigenvalue weighted by atomic mass is 9.95. The van der Waals surface area contributed by atoms with E-state index in [0.717, 1.165) is 31.7 Å². The monoisotopic (exact) mass is 318 g/mol. The van der Waals surface area contributed by atoms with Crippen LogP contribution in [0.5, 0.6) is 0 Å². The van der Waals surface area contributed by atoms with Crippen molar-refractivity contribution in [3.8, 4) is 0 Å². The Balaban J connectivity index is 1.85. The Morgan fingerprint density at radius 1 is 0.958 bits per heavy atom. The van der Waals surface area contributed by atoms with Gasteiger partial charge in [-0.05, 0) is 42.3 Å². The van der Waals surface area contributed by atoms with Crippen LogP contribution in [0.15, 0.2) is 61.1 Å². The lowest BCUT2D eigenvalue weighted by Crippen LogP contribution is -2.33. The average Bonchev–Trinajstić information content (AvgIpc) is 2.93. The molecule has 1 aliphatic rings. The van der Waals surface area contributed by atoms with Gasteiger partial charge in [0.1, 0.15) is 0 Å². The summed E-state index contributed by atoms with van der Waals surface area (Å²) in [6, 6.07) is 15.0. The third-order valence-electron chi connectivity index (χ3n) is 4.72. The van der Waals surface area contributed by atoms with Crippen LogP contribution in [0.3, 0.4) is 0 Å². The van der Waals surface area contributed by atoms with Gasteiger partial charge in [0.05, 0.1) is 11.6 Å². The highest BCUT2D eigenvalue weighted by molar-refractivity contribution is 5.82. The first kappa shape index (κ1) is 15.2. The van der Waals surface area contributed by atoms with Crippen molar-refractivity contribution in [3.63, 3.8) is 0 Å². The number of hydrogen-bond acceptors (Lipinski definition) is 4. The lowest BCUT2D eigenvalue weighted by molar-refractivity contribution is 0.242. The van der Waals surface area contributed by atoms with Crippen molar-refractivity contribution in [1.29, 1.82) is 0 Å². The Morgan fingerprint density at radius 3 is 2.83 bits per heavy atom. The zero-order valence-corrected chi connectivity index (χ0v) is 13.7. The third-order valence-corrected chi connectivity index (χ3v) is 4.72. The quantitative estimate of drug-likeness (QED) is 0.806. The van der Waals surface area contributed by atoms with Gasteiger partial charge < -0.3 is 5.32 Å². The normalized spacial score (nSPS) is 17.5. The minimum absolute atomic E-state index is 0.214. The second kappa shape index (κ2) is 7.07. The molecular formula is C20H22N4. The number of nitrogens with zero attached hydrogens (tertiary/aromatic N) is 3. The number of para-hydroxylation sites is 1. The number of nitrogens with one attached hydrogen (secondary N) is 1. The van der Waals surface area contributed by atoms with Gasteiger partial charge in [0.25, 0.3) is 0 Å². The molecule has 24 heavy (non-hydrogen) atoms. The fourth-order valence-corrected chi connectivity index (χ4v) is 3.61. The van der Waals surface area contributed by atoms with Crippen LogP contribution >= 0.6 is 0 Å². The maximum absolute atomic E-state index is 4.54. The summed E-state index contributed by atoms with van der Waals surface area (Å²) in [4.78, 5) is 11.5. The van der Waals surface area contributed by atoms with E-state index in [9.17, 15) is 0 Å². The first-order chi connectivity index (χ1) is 11.9. The Hall–Kier alpha value is -2.30. The fraction of sp³-hybridized carbons (Fsp3) is 0.300. The molecule has 4 heteroatoms. The molecule has 1 fully saturated rings. The van der Waals surface area contributed by atoms with Crippen LogP contribution in [0, 0.1) is 0 Å². The molecule has 4 nitrogen and oxygen atoms in total. The number of aromatic nitrogens is 2. The molecule has 0 saturated carbocycles. The summed E-state index contributed by atoms with van der Waals surface area (Å²) >= 11 is 0. The van der Waals surface area contributed by atoms with Gasteiger partial charge in [-0.1, -0.05) is 24.3 Å². The van der Waals surface area contributed by atoms with Gasteiger partial charge in [-0.15, -0.1) is 0 Å². The van der Waals surface area contributed by atoms with Gasteiger partial charge in [0, 0.05) is 43.6 Å². The first-order valence-corrected chi connectivity index (χ1v) is 8.62. The number of benzene rings is 1. The molecule has 3 aromatic rings. The standard InChI is InChI=1S/C20H22N4/c1-2-7-19-17(6-1)18(8-11-23-19)20(16-5-3-9-22-15-16)24-13-4-10-21-12-14-24/h1-3,5-9,11,15,20-21H,4,10,12-14H2. The van der Waals surface area contributed by atoms with Crippen molar-refractivity contribution in [2.24, 2.45) is 0 Å². The van der Waals surface area contributed by atoms with Crippen molar-refractivity contribution in [2.75, 3.05) is 26.2 Å². The molecule has 1 N–H and O–H groups in total. The summed E-state index contributed by atoms with van der Waals surface area (Å²) in [5.41, 5.74) is 3.61. The maximum Gasteiger partial charge on any atom is 0.0705 e. The highest BCUT2D eigenvalue weighted by Gasteiger charge is 2.25. The Bertz CT molecular complexity index is 790. The van der Waals surface area contributed by atoms with Crippen LogP contribution in [0.25, 0.3) is 10.9 Å². The van der Waals surface area contributed by atoms with E-state index in [2.05, 4.69) is 50.5 Å². The Morgan fingerprint density at radius 2 is 1.92 bits per heavy atom. The van der Waals surface area contributed by atoms with E-state index in [1.165, 1.54) is 22.9 Å². The minimum atomic E-state index is 0.214. The molecule has 0 spiro atoms. The molecule has 0 radical (unpaired) electrons. The first-order valence-electron chi connectivity index (χ1n) is 8.62. The zero-order chi connectivity index (χ0) is 16.2. The van der Waals surface area contributed by atoms with Gasteiger partial charge in [0.15, 0.2) is 0 Å². The van der Waals surface area contributed by atoms with E-state index in [1.807, 2.05) is 30.7 Å². The maximum atomic E-state index is 4.54. The van der Waals surface area contributed by atoms with Crippen molar-refractivity contribution in [1.82, 2.24) is 20.2 Å². The van der Waals surface area contributed by atoms with Gasteiger partial charge >= 0.3 is 0 Å². The van der Waals surface area contributed by atoms with Gasteiger partial charge in [-0.25, -0.2) is 0 Å². The van der Waals surface area contributed by atoms with Crippen LogP contribution in [-0.4, -0.2) is 41.0 Å². The van der Waals surface area contributed by atoms with Crippen molar-refractivity contribution in [3.05, 3.63) is 72.2 Å². The summed E-state index contributed by atoms with van der Waals surface area (Å²) < 4.78 is 0. The van der Waals surface area contributed by atoms with Crippen LogP contribution in [0.4, 0.5) is 0 Å². The predicted molar refractivity (Wildman–Crippen MR) is 96.9 cm³/mol. The smallest absolute Gasteiger partial charge is 0.0705 e. The van der Waals surface area contributed by atoms with Crippen molar-refractivity contribution in [2.45, 2.75) is 12.5 Å². The molecule has 1 aliphatic heterocycles. The highest BCUT2D eigenvalue weighted by atomic mass is 15.2. The Kier molecular flexibility index (Phi) is 4.49. The highest BCUT2D eigenvalue weighted by Crippen LogP contribution is 2.32. The van der Waals surface area contributed by atoms with E-state index in [1.54, 1.807) is 0 Å². The molecular weight excluding hydrogens is 296 g/mol. The molecule has 0 aliphatic carbocycles. The van der Waals surface area contributed by atoms with E-state index in [0.29, 0.717) is 0 Å². The summed E-state index contributed by atoms with van der Waals surface area (Å²) in [5.74, 6) is 0. The largest absolute Gasteiger partial charge is 0.315 e. The second-order valence-electron chi connectivity index (χ2n) is 6.25. The average molecular weight is 318 g/mol. The second-order valence-corrected chi connectivity index (χ2v) is 6.25. The van der Waals surface area contributed by atoms with Crippen LogP contribution in [0.1, 0.15) is 23.6 Å². The minimum Gasteiger partial charge on any atom is -0.315 e. The van der Waals surface area contributed by atoms with E-state index < -0.39 is 0 Å². The van der Waals surface area contributed by atoms with Crippen LogP contribution in [-0.2, 0) is 0 Å². The molecule has 2 aromatic heterocycles. The molecule has 1 saturated heterocycles. The molecule has 1 aromatic carbocycles. The molecule has 122 valence electrons. The molecule has 4 rings (SSSR count). The van der Waals surface area contributed by atoms with Crippen LogP contribution in [0.2, 0.25) is 0 Å². The summed E-state index contributed by atoms with van der Waals surface area (Å²) in [6.45, 7) is 4.24. The Labute approximate surface area is 142 Å². The number of pyridine rings is 2. The summed E-state index contributed by atoms with van der Waals surface area (Å²) in [7, 11) is 0. The van der Waals surface area contributed by atoms with E-state index >= 15 is 0 Å². The summed E-state index contributed by atoms with van der Waals surface area (Å²) in [5, 5.41) is 4.73. The van der Waals surface area contributed by atoms with E-state index in [-0.39, 0.29) is 6.04 Å². The summed E-state index contributed by atoms with van der Waals surface area (Å²) in [6.07, 6.45) is 6.93.